The van der Waals surface area contributed by atoms with Gasteiger partial charge in [-0.25, -0.2) is 13.1 Å². The van der Waals surface area contributed by atoms with E-state index in [0.29, 0.717) is 32.7 Å². The molecule has 1 amide bonds. The third-order valence-electron chi connectivity index (χ3n) is 5.37. The number of nitrogens with zero attached hydrogens (tertiary/aromatic N) is 2. The first-order valence-electron chi connectivity index (χ1n) is 10.3. The van der Waals surface area contributed by atoms with Crippen molar-refractivity contribution in [1.82, 2.24) is 14.5 Å². The maximum absolute atomic E-state index is 12.7. The number of aryl methyl sites for hydroxylation is 1. The molecule has 0 atom stereocenters. The van der Waals surface area contributed by atoms with Gasteiger partial charge in [-0.1, -0.05) is 29.8 Å². The van der Waals surface area contributed by atoms with Crippen molar-refractivity contribution in [2.24, 2.45) is 0 Å². The molecule has 6 nitrogen and oxygen atoms in total. The standard InChI is InChI=1S/C22H26F3N3O3S/c1-17-2-8-20(9-3-17)32(30,31)26-11-10-21(29)28-14-12-27(13-15-28)16-18-4-6-19(7-5-18)22(23,24)25/h2-9,26H,10-16H2,1H3. The molecule has 2 aromatic carbocycles. The van der Waals surface area contributed by atoms with Crippen molar-refractivity contribution in [1.29, 1.82) is 0 Å². The van der Waals surface area contributed by atoms with E-state index in [0.717, 1.165) is 23.3 Å². The third kappa shape index (κ3) is 6.54. The van der Waals surface area contributed by atoms with Crippen molar-refractivity contribution in [2.45, 2.75) is 31.0 Å². The van der Waals surface area contributed by atoms with E-state index in [-0.39, 0.29) is 23.8 Å². The number of piperazine rings is 1. The summed E-state index contributed by atoms with van der Waals surface area (Å²) in [5, 5.41) is 0. The van der Waals surface area contributed by atoms with Gasteiger partial charge in [-0.05, 0) is 36.8 Å². The molecule has 1 saturated heterocycles. The number of rotatable bonds is 7. The van der Waals surface area contributed by atoms with Crippen LogP contribution in [-0.2, 0) is 27.5 Å². The molecule has 0 spiro atoms. The van der Waals surface area contributed by atoms with Gasteiger partial charge in [0.1, 0.15) is 0 Å². The van der Waals surface area contributed by atoms with E-state index < -0.39 is 21.8 Å². The molecule has 0 aliphatic carbocycles. The quantitative estimate of drug-likeness (QED) is 0.677. The van der Waals surface area contributed by atoms with Crippen LogP contribution in [0.3, 0.4) is 0 Å². The second-order valence-electron chi connectivity index (χ2n) is 7.81. The molecule has 0 radical (unpaired) electrons. The van der Waals surface area contributed by atoms with Crippen molar-refractivity contribution in [3.05, 3.63) is 65.2 Å². The Hall–Kier alpha value is -2.43. The van der Waals surface area contributed by atoms with Crippen molar-refractivity contribution in [3.63, 3.8) is 0 Å². The molecule has 1 N–H and O–H groups in total. The number of amides is 1. The van der Waals surface area contributed by atoms with E-state index in [1.54, 1.807) is 17.0 Å². The minimum absolute atomic E-state index is 0.0147. The summed E-state index contributed by atoms with van der Waals surface area (Å²) >= 11 is 0. The van der Waals surface area contributed by atoms with Gasteiger partial charge in [0.2, 0.25) is 15.9 Å². The fraction of sp³-hybridized carbons (Fsp3) is 0.409. The SMILES string of the molecule is Cc1ccc(S(=O)(=O)NCCC(=O)N2CCN(Cc3ccc(C(F)(F)F)cc3)CC2)cc1. The Bertz CT molecular complexity index is 1020. The second-order valence-corrected chi connectivity index (χ2v) is 9.58. The minimum atomic E-state index is -4.35. The average molecular weight is 470 g/mol. The smallest absolute Gasteiger partial charge is 0.340 e. The Morgan fingerprint density at radius 2 is 1.56 bits per heavy atom. The van der Waals surface area contributed by atoms with Crippen LogP contribution in [0.2, 0.25) is 0 Å². The highest BCUT2D eigenvalue weighted by Gasteiger charge is 2.30. The first kappa shape index (κ1) is 24.2. The number of hydrogen-bond acceptors (Lipinski definition) is 4. The number of nitrogens with one attached hydrogen (secondary N) is 1. The van der Waals surface area contributed by atoms with Crippen LogP contribution in [0, 0.1) is 6.92 Å². The normalized spacial score (nSPS) is 15.7. The molecule has 1 fully saturated rings. The van der Waals surface area contributed by atoms with Crippen LogP contribution in [0.15, 0.2) is 53.4 Å². The lowest BCUT2D eigenvalue weighted by Gasteiger charge is -2.34. The zero-order chi connectivity index (χ0) is 23.4. The molecule has 174 valence electrons. The molecule has 1 aliphatic heterocycles. The van der Waals surface area contributed by atoms with Gasteiger partial charge in [0.25, 0.3) is 0 Å². The lowest BCUT2D eigenvalue weighted by Crippen LogP contribution is -2.48. The molecule has 32 heavy (non-hydrogen) atoms. The Morgan fingerprint density at radius 3 is 2.12 bits per heavy atom. The molecule has 3 rings (SSSR count). The summed E-state index contributed by atoms with van der Waals surface area (Å²) in [6, 6.07) is 11.6. The van der Waals surface area contributed by atoms with Gasteiger partial charge in [0, 0.05) is 45.7 Å². The topological polar surface area (TPSA) is 69.7 Å². The largest absolute Gasteiger partial charge is 0.416 e. The van der Waals surface area contributed by atoms with Crippen LogP contribution in [0.4, 0.5) is 13.2 Å². The zero-order valence-corrected chi connectivity index (χ0v) is 18.5. The number of hydrogen-bond donors (Lipinski definition) is 1. The summed E-state index contributed by atoms with van der Waals surface area (Å²) in [5.74, 6) is -0.134. The average Bonchev–Trinajstić information content (AvgIpc) is 2.74. The van der Waals surface area contributed by atoms with Crippen molar-refractivity contribution < 1.29 is 26.4 Å². The fourth-order valence-corrected chi connectivity index (χ4v) is 4.50. The number of halogens is 3. The van der Waals surface area contributed by atoms with E-state index in [1.807, 2.05) is 6.92 Å². The Morgan fingerprint density at radius 1 is 0.969 bits per heavy atom. The van der Waals surface area contributed by atoms with Crippen LogP contribution in [-0.4, -0.2) is 56.8 Å². The molecule has 2 aromatic rings. The van der Waals surface area contributed by atoms with Gasteiger partial charge in [0.05, 0.1) is 10.5 Å². The molecular weight excluding hydrogens is 443 g/mol. The minimum Gasteiger partial charge on any atom is -0.340 e. The number of benzene rings is 2. The zero-order valence-electron chi connectivity index (χ0n) is 17.7. The lowest BCUT2D eigenvalue weighted by molar-refractivity contribution is -0.137. The summed E-state index contributed by atoms with van der Waals surface area (Å²) in [6.07, 6.45) is -4.29. The predicted octanol–water partition coefficient (Wildman–Crippen LogP) is 3.03. The fourth-order valence-electron chi connectivity index (χ4n) is 3.46. The third-order valence-corrected chi connectivity index (χ3v) is 6.85. The molecule has 0 unspecified atom stereocenters. The van der Waals surface area contributed by atoms with Crippen molar-refractivity contribution in [3.8, 4) is 0 Å². The summed E-state index contributed by atoms with van der Waals surface area (Å²) in [5.41, 5.74) is 1.06. The number of carbonyl (C=O) groups is 1. The molecule has 0 saturated carbocycles. The Balaban J connectivity index is 1.42. The number of sulfonamides is 1. The second kappa shape index (κ2) is 10.0. The van der Waals surface area contributed by atoms with E-state index in [1.165, 1.54) is 24.3 Å². The highest BCUT2D eigenvalue weighted by molar-refractivity contribution is 7.89. The number of carbonyl (C=O) groups excluding carboxylic acids is 1. The summed E-state index contributed by atoms with van der Waals surface area (Å²) in [6.45, 7) is 4.57. The van der Waals surface area contributed by atoms with Crippen molar-refractivity contribution >= 4 is 15.9 Å². The van der Waals surface area contributed by atoms with Gasteiger partial charge in [0.15, 0.2) is 0 Å². The summed E-state index contributed by atoms with van der Waals surface area (Å²) in [7, 11) is -3.66. The molecule has 0 aromatic heterocycles. The monoisotopic (exact) mass is 469 g/mol. The van der Waals surface area contributed by atoms with Crippen LogP contribution in [0.25, 0.3) is 0 Å². The lowest BCUT2D eigenvalue weighted by atomic mass is 10.1. The van der Waals surface area contributed by atoms with Gasteiger partial charge in [-0.15, -0.1) is 0 Å². The molecule has 0 bridgehead atoms. The Kier molecular flexibility index (Phi) is 7.58. The molecule has 1 aliphatic rings. The first-order chi connectivity index (χ1) is 15.0. The van der Waals surface area contributed by atoms with Crippen LogP contribution >= 0.6 is 0 Å². The van der Waals surface area contributed by atoms with E-state index in [9.17, 15) is 26.4 Å². The van der Waals surface area contributed by atoms with E-state index >= 15 is 0 Å². The number of alkyl halides is 3. The molecule has 10 heteroatoms. The van der Waals surface area contributed by atoms with Crippen LogP contribution in [0.5, 0.6) is 0 Å². The van der Waals surface area contributed by atoms with Gasteiger partial charge in [-0.2, -0.15) is 13.2 Å². The van der Waals surface area contributed by atoms with Gasteiger partial charge < -0.3 is 4.90 Å². The van der Waals surface area contributed by atoms with Crippen molar-refractivity contribution in [2.75, 3.05) is 32.7 Å². The molecular formula is C22H26F3N3O3S. The van der Waals surface area contributed by atoms with Crippen LogP contribution in [0.1, 0.15) is 23.1 Å². The first-order valence-corrected chi connectivity index (χ1v) is 11.8. The molecule has 1 heterocycles. The highest BCUT2D eigenvalue weighted by atomic mass is 32.2. The van der Waals surface area contributed by atoms with Gasteiger partial charge >= 0.3 is 6.18 Å². The van der Waals surface area contributed by atoms with Crippen LogP contribution < -0.4 is 4.72 Å². The Labute approximate surface area is 186 Å². The maximum atomic E-state index is 12.7. The maximum Gasteiger partial charge on any atom is 0.416 e. The van der Waals surface area contributed by atoms with Gasteiger partial charge in [-0.3, -0.25) is 9.69 Å². The summed E-state index contributed by atoms with van der Waals surface area (Å²) < 4.78 is 65.0. The van der Waals surface area contributed by atoms with E-state index in [4.69, 9.17) is 0 Å². The van der Waals surface area contributed by atoms with E-state index in [2.05, 4.69) is 9.62 Å². The highest BCUT2D eigenvalue weighted by Crippen LogP contribution is 2.29. The predicted molar refractivity (Wildman–Crippen MR) is 114 cm³/mol. The summed E-state index contributed by atoms with van der Waals surface area (Å²) in [4.78, 5) is 16.3.